The highest BCUT2D eigenvalue weighted by molar-refractivity contribution is 6.11. The summed E-state index contributed by atoms with van der Waals surface area (Å²) < 4.78 is 28.5. The zero-order valence-electron chi connectivity index (χ0n) is 33.5. The fourth-order valence-corrected chi connectivity index (χ4v) is 6.24. The van der Waals surface area contributed by atoms with E-state index >= 15 is 0 Å². The smallest absolute Gasteiger partial charge is 0.312 e. The molecule has 55 heavy (non-hydrogen) atoms. The maximum absolute atomic E-state index is 14.0. The average molecular weight is 764 g/mol. The number of hydrogen-bond donors (Lipinski definition) is 2. The van der Waals surface area contributed by atoms with Crippen LogP contribution in [-0.2, 0) is 0 Å². The summed E-state index contributed by atoms with van der Waals surface area (Å²) in [4.78, 5) is 39.3. The van der Waals surface area contributed by atoms with E-state index in [2.05, 4.69) is 24.5 Å². The summed E-state index contributed by atoms with van der Waals surface area (Å²) in [6, 6.07) is 12.5. The predicted octanol–water partition coefficient (Wildman–Crippen LogP) is 11.2. The molecule has 12 nitrogen and oxygen atoms in total. The number of rotatable bonds is 28. The molecule has 0 spiro atoms. The average Bonchev–Trinajstić information content (AvgIpc) is 3.19. The quantitative estimate of drug-likeness (QED) is 0.0419. The number of methoxy groups -OCH3 is 3. The lowest BCUT2D eigenvalue weighted by Crippen LogP contribution is -2.18. The number of nitro benzene ring substituents is 1. The summed E-state index contributed by atoms with van der Waals surface area (Å²) in [5, 5.41) is 17.9. The maximum Gasteiger partial charge on any atom is 0.312 e. The second kappa shape index (κ2) is 25.1. The molecule has 0 aliphatic heterocycles. The number of benzene rings is 3. The van der Waals surface area contributed by atoms with Gasteiger partial charge in [-0.3, -0.25) is 19.7 Å². The number of unbranched alkanes of at least 4 members (excludes halogenated alkanes) is 14. The summed E-state index contributed by atoms with van der Waals surface area (Å²) in [5.41, 5.74) is 0.289. The van der Waals surface area contributed by atoms with Gasteiger partial charge >= 0.3 is 5.69 Å². The molecule has 302 valence electrons. The van der Waals surface area contributed by atoms with E-state index < -0.39 is 16.7 Å². The normalized spacial score (nSPS) is 10.8. The Kier molecular flexibility index (Phi) is 20.3. The Balaban J connectivity index is 1.86. The number of amides is 2. The van der Waals surface area contributed by atoms with Gasteiger partial charge in [0.15, 0.2) is 0 Å². The van der Waals surface area contributed by atoms with Gasteiger partial charge in [-0.05, 0) is 31.0 Å². The van der Waals surface area contributed by atoms with Crippen LogP contribution in [0.3, 0.4) is 0 Å². The molecule has 0 radical (unpaired) electrons. The van der Waals surface area contributed by atoms with Gasteiger partial charge in [0.05, 0.1) is 62.0 Å². The van der Waals surface area contributed by atoms with Crippen LogP contribution in [-0.4, -0.2) is 51.3 Å². The molecule has 0 heterocycles. The van der Waals surface area contributed by atoms with Crippen LogP contribution >= 0.6 is 0 Å². The van der Waals surface area contributed by atoms with Gasteiger partial charge in [-0.1, -0.05) is 116 Å². The number of nitro groups is 1. The highest BCUT2D eigenvalue weighted by atomic mass is 16.6. The second-order valence-electron chi connectivity index (χ2n) is 13.6. The van der Waals surface area contributed by atoms with Crippen molar-refractivity contribution < 1.29 is 38.2 Å². The lowest BCUT2D eigenvalue weighted by atomic mass is 10.1. The molecule has 3 aromatic carbocycles. The number of anilines is 2. The molecular weight excluding hydrogens is 702 g/mol. The van der Waals surface area contributed by atoms with E-state index in [1.54, 1.807) is 24.3 Å². The van der Waals surface area contributed by atoms with Crippen molar-refractivity contribution in [1.29, 1.82) is 0 Å². The van der Waals surface area contributed by atoms with Crippen LogP contribution in [0, 0.1) is 10.1 Å². The van der Waals surface area contributed by atoms with Crippen LogP contribution in [0.15, 0.2) is 48.5 Å². The topological polar surface area (TPSA) is 147 Å². The van der Waals surface area contributed by atoms with Crippen molar-refractivity contribution in [1.82, 2.24) is 0 Å². The van der Waals surface area contributed by atoms with E-state index in [9.17, 15) is 19.7 Å². The number of hydrogen-bond acceptors (Lipinski definition) is 9. The van der Waals surface area contributed by atoms with Crippen molar-refractivity contribution in [3.63, 3.8) is 0 Å². The molecule has 0 fully saturated rings. The van der Waals surface area contributed by atoms with Crippen LogP contribution in [0.4, 0.5) is 17.1 Å². The largest absolute Gasteiger partial charge is 0.496 e. The SMILES string of the molecule is CCCCCCCCCCOc1cc(OCCCCCCCCCC)c([N+](=O)[O-])cc1C(=O)Nc1cc(C(=O)Nc2ccccc2OC)c(OC)cc1OC. The van der Waals surface area contributed by atoms with Crippen molar-refractivity contribution in [2.45, 2.75) is 117 Å². The first-order chi connectivity index (χ1) is 26.8. The van der Waals surface area contributed by atoms with Crippen LogP contribution in [0.1, 0.15) is 137 Å². The van der Waals surface area contributed by atoms with Gasteiger partial charge in [0.1, 0.15) is 23.0 Å². The van der Waals surface area contributed by atoms with Crippen molar-refractivity contribution in [2.24, 2.45) is 0 Å². The molecule has 0 atom stereocenters. The first-order valence-corrected chi connectivity index (χ1v) is 19.9. The van der Waals surface area contributed by atoms with Gasteiger partial charge in [-0.15, -0.1) is 0 Å². The molecule has 0 unspecified atom stereocenters. The van der Waals surface area contributed by atoms with Gasteiger partial charge < -0.3 is 34.3 Å². The van der Waals surface area contributed by atoms with Crippen LogP contribution < -0.4 is 34.3 Å². The number of para-hydroxylation sites is 2. The highest BCUT2D eigenvalue weighted by Crippen LogP contribution is 2.38. The number of nitrogens with zero attached hydrogens (tertiary/aromatic N) is 1. The molecule has 0 aromatic heterocycles. The Hall–Kier alpha value is -5.00. The molecule has 12 heteroatoms. The number of nitrogens with one attached hydrogen (secondary N) is 2. The third-order valence-electron chi connectivity index (χ3n) is 9.38. The van der Waals surface area contributed by atoms with E-state index in [4.69, 9.17) is 23.7 Å². The van der Waals surface area contributed by atoms with Crippen molar-refractivity contribution in [2.75, 3.05) is 45.2 Å². The van der Waals surface area contributed by atoms with E-state index in [0.717, 1.165) is 51.4 Å². The predicted molar refractivity (Wildman–Crippen MR) is 218 cm³/mol. The standard InChI is InChI=1S/C43H61N3O9/c1-6-8-10-12-14-16-18-22-26-54-39-31-41(55-27-23-19-17-15-13-11-9-7-2)36(46(49)50)29-33(39)43(48)45-35-28-32(38(52-4)30-40(35)53-5)42(47)44-34-24-20-21-25-37(34)51-3/h20-21,24-25,28-31H,6-19,22-23,26-27H2,1-5H3,(H,44,47)(H,45,48). The van der Waals surface area contributed by atoms with Crippen LogP contribution in [0.5, 0.6) is 28.7 Å². The first kappa shape index (κ1) is 44.4. The zero-order valence-corrected chi connectivity index (χ0v) is 33.5. The highest BCUT2D eigenvalue weighted by Gasteiger charge is 2.26. The Labute approximate surface area is 326 Å². The minimum absolute atomic E-state index is 0.0488. The van der Waals surface area contributed by atoms with Crippen molar-refractivity contribution in [3.05, 3.63) is 69.8 Å². The molecule has 0 saturated heterocycles. The maximum atomic E-state index is 14.0. The molecule has 0 aliphatic carbocycles. The molecule has 3 rings (SSSR count). The molecule has 3 aromatic rings. The fraction of sp³-hybridized carbons (Fsp3) is 0.535. The second-order valence-corrected chi connectivity index (χ2v) is 13.6. The van der Waals surface area contributed by atoms with Gasteiger partial charge in [0.25, 0.3) is 11.8 Å². The van der Waals surface area contributed by atoms with Gasteiger partial charge in [-0.2, -0.15) is 0 Å². The lowest BCUT2D eigenvalue weighted by molar-refractivity contribution is -0.385. The van der Waals surface area contributed by atoms with E-state index in [-0.39, 0.29) is 45.5 Å². The Morgan fingerprint density at radius 3 is 1.53 bits per heavy atom. The minimum atomic E-state index is -0.691. The van der Waals surface area contributed by atoms with Gasteiger partial charge in [0, 0.05) is 18.2 Å². The van der Waals surface area contributed by atoms with E-state index in [1.807, 2.05) is 0 Å². The first-order valence-electron chi connectivity index (χ1n) is 19.9. The number of ether oxygens (including phenoxy) is 5. The van der Waals surface area contributed by atoms with Crippen LogP contribution in [0.2, 0.25) is 0 Å². The molecule has 0 saturated carbocycles. The summed E-state index contributed by atoms with van der Waals surface area (Å²) in [7, 11) is 4.33. The molecule has 2 amide bonds. The van der Waals surface area contributed by atoms with E-state index in [0.29, 0.717) is 24.7 Å². The fourth-order valence-electron chi connectivity index (χ4n) is 6.24. The lowest BCUT2D eigenvalue weighted by Gasteiger charge is -2.18. The molecular formula is C43H61N3O9. The molecule has 0 aliphatic rings. The third kappa shape index (κ3) is 14.6. The van der Waals surface area contributed by atoms with Gasteiger partial charge in [0.2, 0.25) is 5.75 Å². The summed E-state index contributed by atoms with van der Waals surface area (Å²) >= 11 is 0. The van der Waals surface area contributed by atoms with Crippen molar-refractivity contribution >= 4 is 28.9 Å². The third-order valence-corrected chi connectivity index (χ3v) is 9.38. The Morgan fingerprint density at radius 1 is 0.545 bits per heavy atom. The van der Waals surface area contributed by atoms with Crippen molar-refractivity contribution in [3.8, 4) is 28.7 Å². The van der Waals surface area contributed by atoms with Crippen LogP contribution in [0.25, 0.3) is 0 Å². The summed E-state index contributed by atoms with van der Waals surface area (Å²) in [6.07, 6.45) is 17.7. The zero-order chi connectivity index (χ0) is 39.8. The molecule has 0 bridgehead atoms. The summed E-state index contributed by atoms with van der Waals surface area (Å²) in [5.74, 6) is -0.134. The molecule has 2 N–H and O–H groups in total. The summed E-state index contributed by atoms with van der Waals surface area (Å²) in [6.45, 7) is 5.03. The minimum Gasteiger partial charge on any atom is -0.496 e. The van der Waals surface area contributed by atoms with E-state index in [1.165, 1.54) is 97.0 Å². The number of carbonyl (C=O) groups is 2. The Bertz CT molecular complexity index is 1650. The Morgan fingerprint density at radius 2 is 1.00 bits per heavy atom. The number of carbonyl (C=O) groups excluding carboxylic acids is 2. The van der Waals surface area contributed by atoms with Gasteiger partial charge in [-0.25, -0.2) is 0 Å². The monoisotopic (exact) mass is 763 g/mol.